The Labute approximate surface area is 172 Å². The van der Waals surface area contributed by atoms with Gasteiger partial charge < -0.3 is 15.2 Å². The highest BCUT2D eigenvalue weighted by molar-refractivity contribution is 5.98. The van der Waals surface area contributed by atoms with Crippen molar-refractivity contribution in [3.05, 3.63) is 71.3 Å². The van der Waals surface area contributed by atoms with Crippen LogP contribution in [0, 0.1) is 0 Å². The maximum Gasteiger partial charge on any atom is 0.408 e. The van der Waals surface area contributed by atoms with Crippen LogP contribution < -0.4 is 5.32 Å². The fraction of sp³-hybridized carbons (Fsp3) is 0.238. The van der Waals surface area contributed by atoms with Crippen LogP contribution in [0.2, 0.25) is 0 Å². The maximum absolute atomic E-state index is 12.4. The number of ketones is 1. The molecule has 0 fully saturated rings. The third kappa shape index (κ3) is 5.42. The monoisotopic (exact) mass is 412 g/mol. The Kier molecular flexibility index (Phi) is 6.76. The molecule has 1 aliphatic heterocycles. The lowest BCUT2D eigenvalue weighted by Crippen LogP contribution is -2.45. The van der Waals surface area contributed by atoms with E-state index in [1.165, 1.54) is 0 Å². The van der Waals surface area contributed by atoms with Crippen LogP contribution >= 0.6 is 0 Å². The number of rotatable bonds is 9. The molecule has 30 heavy (non-hydrogen) atoms. The van der Waals surface area contributed by atoms with Crippen molar-refractivity contribution in [2.45, 2.75) is 25.6 Å². The fourth-order valence-corrected chi connectivity index (χ4v) is 2.90. The molecule has 1 heterocycles. The number of nitrogens with one attached hydrogen (secondary N) is 1. The number of nitrogens with zero attached hydrogens (tertiary/aromatic N) is 1. The van der Waals surface area contributed by atoms with E-state index in [1.54, 1.807) is 48.5 Å². The molecule has 0 radical (unpaired) electrons. The number of Topliss-reactive ketones (excluding diaryl/α,β-unsaturated/α-hetero) is 1. The summed E-state index contributed by atoms with van der Waals surface area (Å²) in [4.78, 5) is 53.0. The summed E-state index contributed by atoms with van der Waals surface area (Å²) in [6.45, 7) is -0.424. The molecule has 1 aliphatic rings. The minimum Gasteiger partial charge on any atom is -0.481 e. The smallest absolute Gasteiger partial charge is 0.408 e. The Hall–Kier alpha value is -3.72. The molecule has 0 bridgehead atoms. The van der Waals surface area contributed by atoms with E-state index in [-0.39, 0.29) is 19.1 Å². The fourth-order valence-electron chi connectivity index (χ4n) is 2.90. The number of hydrogen-bond donors (Lipinski definition) is 2. The molecule has 3 rings (SSSR count). The van der Waals surface area contributed by atoms with Gasteiger partial charge in [-0.15, -0.1) is 0 Å². The Morgan fingerprint density at radius 1 is 1.07 bits per heavy atom. The molecule has 0 saturated carbocycles. The number of alkyl carbamates (subject to hydrolysis) is 1. The number of hydrogen-bond acceptors (Lipinski definition) is 6. The van der Waals surface area contributed by atoms with Crippen molar-refractivity contribution < 1.29 is 33.9 Å². The first kappa shape index (κ1) is 21.0. The minimum absolute atomic E-state index is 0.0301. The quantitative estimate of drug-likeness (QED) is 0.645. The van der Waals surface area contributed by atoms with Crippen molar-refractivity contribution in [1.29, 1.82) is 0 Å². The van der Waals surface area contributed by atoms with E-state index in [9.17, 15) is 19.2 Å². The predicted octanol–water partition coefficient (Wildman–Crippen LogP) is 1.91. The van der Waals surface area contributed by atoms with Gasteiger partial charge >= 0.3 is 12.1 Å². The average Bonchev–Trinajstić information content (AvgIpc) is 3.06. The largest absolute Gasteiger partial charge is 0.481 e. The molecule has 1 unspecified atom stereocenters. The summed E-state index contributed by atoms with van der Waals surface area (Å²) in [5.41, 5.74) is 1.98. The van der Waals surface area contributed by atoms with Gasteiger partial charge in [0.15, 0.2) is 5.78 Å². The number of carboxylic acid groups (broad SMARTS) is 1. The predicted molar refractivity (Wildman–Crippen MR) is 103 cm³/mol. The zero-order chi connectivity index (χ0) is 21.5. The highest BCUT2D eigenvalue weighted by atomic mass is 16.7. The van der Waals surface area contributed by atoms with Crippen LogP contribution in [0.1, 0.15) is 27.9 Å². The second-order valence-electron chi connectivity index (χ2n) is 6.60. The molecule has 156 valence electrons. The van der Waals surface area contributed by atoms with Crippen LogP contribution in [0.3, 0.4) is 0 Å². The summed E-state index contributed by atoms with van der Waals surface area (Å²) < 4.78 is 5.03. The highest BCUT2D eigenvalue weighted by Gasteiger charge is 2.30. The maximum atomic E-state index is 12.4. The van der Waals surface area contributed by atoms with E-state index in [4.69, 9.17) is 14.7 Å². The zero-order valence-corrected chi connectivity index (χ0v) is 15.9. The molecular formula is C21H20N2O7. The first-order chi connectivity index (χ1) is 14.4. The number of carbonyl (C=O) groups excluding carboxylic acids is 3. The van der Waals surface area contributed by atoms with E-state index in [0.717, 1.165) is 16.2 Å². The number of carbonyl (C=O) groups is 4. The van der Waals surface area contributed by atoms with Crippen molar-refractivity contribution in [3.63, 3.8) is 0 Å². The molecule has 0 aliphatic carbocycles. The van der Waals surface area contributed by atoms with Gasteiger partial charge in [-0.05, 0) is 17.2 Å². The van der Waals surface area contributed by atoms with Gasteiger partial charge in [-0.2, -0.15) is 0 Å². The molecule has 1 atom stereocenters. The van der Waals surface area contributed by atoms with Gasteiger partial charge in [-0.1, -0.05) is 48.5 Å². The summed E-state index contributed by atoms with van der Waals surface area (Å²) in [6, 6.07) is 14.5. The van der Waals surface area contributed by atoms with Crippen LogP contribution in [0.4, 0.5) is 4.79 Å². The van der Waals surface area contributed by atoms with Gasteiger partial charge in [-0.25, -0.2) is 9.86 Å². The molecular weight excluding hydrogens is 392 g/mol. The lowest BCUT2D eigenvalue weighted by atomic mass is 10.1. The van der Waals surface area contributed by atoms with Crippen LogP contribution in [0.15, 0.2) is 54.6 Å². The topological polar surface area (TPSA) is 122 Å². The number of ether oxygens (including phenoxy) is 1. The molecule has 2 N–H and O–H groups in total. The van der Waals surface area contributed by atoms with E-state index < -0.39 is 36.9 Å². The molecule has 0 aromatic heterocycles. The van der Waals surface area contributed by atoms with Crippen molar-refractivity contribution >= 4 is 23.8 Å². The van der Waals surface area contributed by atoms with Gasteiger partial charge in [0.05, 0.1) is 13.0 Å². The number of carboxylic acids is 1. The summed E-state index contributed by atoms with van der Waals surface area (Å²) in [5.74, 6) is -2.36. The van der Waals surface area contributed by atoms with E-state index >= 15 is 0 Å². The van der Waals surface area contributed by atoms with E-state index in [0.29, 0.717) is 5.56 Å². The van der Waals surface area contributed by atoms with Crippen LogP contribution in [-0.4, -0.2) is 46.6 Å². The second-order valence-corrected chi connectivity index (χ2v) is 6.60. The summed E-state index contributed by atoms with van der Waals surface area (Å²) in [7, 11) is 0. The Morgan fingerprint density at radius 2 is 1.77 bits per heavy atom. The van der Waals surface area contributed by atoms with E-state index in [1.807, 2.05) is 6.07 Å². The minimum atomic E-state index is -1.36. The van der Waals surface area contributed by atoms with Crippen LogP contribution in [0.25, 0.3) is 0 Å². The highest BCUT2D eigenvalue weighted by Crippen LogP contribution is 2.22. The molecule has 2 aromatic carbocycles. The lowest BCUT2D eigenvalue weighted by molar-refractivity contribution is -0.153. The first-order valence-corrected chi connectivity index (χ1v) is 9.18. The van der Waals surface area contributed by atoms with Crippen molar-refractivity contribution in [1.82, 2.24) is 10.4 Å². The van der Waals surface area contributed by atoms with Gasteiger partial charge in [0, 0.05) is 5.56 Å². The Bertz CT molecular complexity index is 945. The zero-order valence-electron chi connectivity index (χ0n) is 15.9. The van der Waals surface area contributed by atoms with Gasteiger partial charge in [0.2, 0.25) is 0 Å². The van der Waals surface area contributed by atoms with Gasteiger partial charge in [0.25, 0.3) is 5.91 Å². The summed E-state index contributed by atoms with van der Waals surface area (Å²) in [6.07, 6.45) is -1.57. The van der Waals surface area contributed by atoms with Crippen molar-refractivity contribution in [2.24, 2.45) is 0 Å². The lowest BCUT2D eigenvalue weighted by Gasteiger charge is -2.19. The molecule has 9 nitrogen and oxygen atoms in total. The molecule has 0 spiro atoms. The number of hydroxylamine groups is 2. The summed E-state index contributed by atoms with van der Waals surface area (Å²) in [5, 5.41) is 12.3. The third-order valence-electron chi connectivity index (χ3n) is 4.42. The molecule has 9 heteroatoms. The first-order valence-electron chi connectivity index (χ1n) is 9.18. The normalized spacial score (nSPS) is 13.5. The number of amides is 2. The standard InChI is InChI=1S/C21H20N2O7/c24-18(13-30-23-11-15-8-4-5-9-16(15)20(23)27)17(10-19(25)26)22-21(28)29-12-14-6-2-1-3-7-14/h1-9,17H,10-13H2,(H,22,28)(H,25,26). The number of aliphatic carboxylic acids is 1. The Morgan fingerprint density at radius 3 is 2.47 bits per heavy atom. The van der Waals surface area contributed by atoms with Crippen molar-refractivity contribution in [2.75, 3.05) is 6.61 Å². The molecule has 0 saturated heterocycles. The number of benzene rings is 2. The van der Waals surface area contributed by atoms with Gasteiger partial charge in [0.1, 0.15) is 19.3 Å². The average molecular weight is 412 g/mol. The number of fused-ring (bicyclic) bond motifs is 1. The second kappa shape index (κ2) is 9.66. The third-order valence-corrected chi connectivity index (χ3v) is 4.42. The summed E-state index contributed by atoms with van der Waals surface area (Å²) >= 11 is 0. The van der Waals surface area contributed by atoms with Crippen LogP contribution in [0.5, 0.6) is 0 Å². The molecule has 2 amide bonds. The molecule has 2 aromatic rings. The SMILES string of the molecule is O=C(O)CC(NC(=O)OCc1ccccc1)C(=O)CON1Cc2ccccc2C1=O. The van der Waals surface area contributed by atoms with Crippen molar-refractivity contribution in [3.8, 4) is 0 Å². The Balaban J connectivity index is 1.53. The van der Waals surface area contributed by atoms with E-state index in [2.05, 4.69) is 5.32 Å². The van der Waals surface area contributed by atoms with Crippen LogP contribution in [-0.2, 0) is 32.3 Å². The van der Waals surface area contributed by atoms with Gasteiger partial charge in [-0.3, -0.25) is 19.2 Å².